The molecule has 0 radical (unpaired) electrons. The van der Waals surface area contributed by atoms with Gasteiger partial charge in [-0.25, -0.2) is 9.59 Å². The Labute approximate surface area is 121 Å². The topological polar surface area (TPSA) is 61.8 Å². The van der Waals surface area contributed by atoms with Crippen molar-refractivity contribution >= 4 is 12.1 Å². The molecule has 5 nitrogen and oxygen atoms in total. The first kappa shape index (κ1) is 18.5. The molecule has 0 aromatic rings. The molecule has 1 atom stereocenters. The van der Waals surface area contributed by atoms with E-state index >= 15 is 0 Å². The first-order chi connectivity index (χ1) is 8.94. The van der Waals surface area contributed by atoms with Gasteiger partial charge in [0.15, 0.2) is 0 Å². The molecule has 0 aromatic heterocycles. The number of hydrogen-bond acceptors (Lipinski definition) is 5. The molecule has 0 aliphatic rings. The smallest absolute Gasteiger partial charge is 0.428 e. The van der Waals surface area contributed by atoms with Crippen molar-refractivity contribution < 1.29 is 23.8 Å². The van der Waals surface area contributed by atoms with Crippen LogP contribution in [-0.4, -0.2) is 24.0 Å². The van der Waals surface area contributed by atoms with Crippen molar-refractivity contribution in [1.29, 1.82) is 0 Å². The molecule has 1 unspecified atom stereocenters. The normalized spacial score (nSPS) is 14.4. The quantitative estimate of drug-likeness (QED) is 0.446. The molecule has 20 heavy (non-hydrogen) atoms. The van der Waals surface area contributed by atoms with Crippen molar-refractivity contribution in [3.05, 3.63) is 11.1 Å². The average Bonchev–Trinajstić information content (AvgIpc) is 2.23. The Morgan fingerprint density at radius 2 is 1.45 bits per heavy atom. The van der Waals surface area contributed by atoms with Crippen LogP contribution in [0.4, 0.5) is 4.79 Å². The third-order valence-corrected chi connectivity index (χ3v) is 2.69. The molecule has 0 aromatic carbocycles. The molecule has 0 heterocycles. The number of hydrogen-bond donors (Lipinski definition) is 0. The minimum Gasteiger partial charge on any atom is -0.428 e. The van der Waals surface area contributed by atoms with Crippen LogP contribution in [0.25, 0.3) is 0 Å². The van der Waals surface area contributed by atoms with Crippen LogP contribution in [0.2, 0.25) is 0 Å². The fourth-order valence-corrected chi connectivity index (χ4v) is 1.27. The highest BCUT2D eigenvalue weighted by molar-refractivity contribution is 5.88. The Morgan fingerprint density at radius 3 is 1.85 bits per heavy atom. The number of allylic oxidation sites excluding steroid dienone is 1. The van der Waals surface area contributed by atoms with Crippen LogP contribution in [0.5, 0.6) is 0 Å². The summed E-state index contributed by atoms with van der Waals surface area (Å²) in [5.74, 6) is -0.239. The van der Waals surface area contributed by atoms with Gasteiger partial charge in [-0.1, -0.05) is 19.4 Å². The summed E-state index contributed by atoms with van der Waals surface area (Å²) in [6.07, 6.45) is -1.85. The summed E-state index contributed by atoms with van der Waals surface area (Å²) in [4.78, 5) is 23.3. The second-order valence-electron chi connectivity index (χ2n) is 6.02. The second-order valence-corrected chi connectivity index (χ2v) is 6.02. The van der Waals surface area contributed by atoms with Crippen molar-refractivity contribution in [2.24, 2.45) is 5.92 Å². The lowest BCUT2D eigenvalue weighted by Crippen LogP contribution is -2.29. The van der Waals surface area contributed by atoms with Gasteiger partial charge in [-0.2, -0.15) is 0 Å². The van der Waals surface area contributed by atoms with E-state index in [1.165, 1.54) is 6.92 Å². The number of esters is 1. The fourth-order valence-electron chi connectivity index (χ4n) is 1.27. The van der Waals surface area contributed by atoms with Gasteiger partial charge in [0.1, 0.15) is 5.60 Å². The van der Waals surface area contributed by atoms with E-state index in [0.29, 0.717) is 5.57 Å². The van der Waals surface area contributed by atoms with Crippen LogP contribution in [0, 0.1) is 5.92 Å². The number of carbonyl (C=O) groups excluding carboxylic acids is 2. The van der Waals surface area contributed by atoms with E-state index in [1.807, 2.05) is 20.8 Å². The Balaban J connectivity index is 4.49. The number of rotatable bonds is 4. The van der Waals surface area contributed by atoms with Crippen molar-refractivity contribution in [2.75, 3.05) is 0 Å². The molecule has 5 heteroatoms. The lowest BCUT2D eigenvalue weighted by molar-refractivity contribution is -0.165. The van der Waals surface area contributed by atoms with E-state index in [9.17, 15) is 9.59 Å². The minimum absolute atomic E-state index is 0.254. The van der Waals surface area contributed by atoms with Crippen molar-refractivity contribution in [3.63, 3.8) is 0 Å². The molecule has 0 aliphatic carbocycles. The first-order valence-electron chi connectivity index (χ1n) is 6.72. The van der Waals surface area contributed by atoms with Gasteiger partial charge < -0.3 is 14.2 Å². The highest BCUT2D eigenvalue weighted by atomic mass is 16.8. The van der Waals surface area contributed by atoms with Crippen molar-refractivity contribution in [3.8, 4) is 0 Å². The van der Waals surface area contributed by atoms with Gasteiger partial charge in [0, 0.05) is 12.5 Å². The maximum atomic E-state index is 11.9. The summed E-state index contributed by atoms with van der Waals surface area (Å²) in [7, 11) is 0. The highest BCUT2D eigenvalue weighted by Crippen LogP contribution is 2.16. The predicted octanol–water partition coefficient (Wildman–Crippen LogP) is 3.82. The highest BCUT2D eigenvalue weighted by Gasteiger charge is 2.22. The standard InChI is InChI=1S/C15H26O5/c1-9(2)10(3)11(4)13(16)18-12(5)19-14(17)20-15(6,7)8/h9,12H,1-8H3/b11-10+. The van der Waals surface area contributed by atoms with Crippen LogP contribution >= 0.6 is 0 Å². The van der Waals surface area contributed by atoms with Crippen molar-refractivity contribution in [1.82, 2.24) is 0 Å². The Kier molecular flexibility index (Phi) is 6.76. The van der Waals surface area contributed by atoms with Crippen LogP contribution in [0.1, 0.15) is 55.4 Å². The number of carbonyl (C=O) groups is 2. The maximum Gasteiger partial charge on any atom is 0.511 e. The second kappa shape index (κ2) is 7.31. The van der Waals surface area contributed by atoms with Crippen LogP contribution in [-0.2, 0) is 19.0 Å². The van der Waals surface area contributed by atoms with Gasteiger partial charge in [-0.05, 0) is 40.5 Å². The molecule has 0 spiro atoms. The molecule has 0 aliphatic heterocycles. The molecule has 0 N–H and O–H groups in total. The third kappa shape index (κ3) is 7.16. The van der Waals surface area contributed by atoms with E-state index in [4.69, 9.17) is 14.2 Å². The molecule has 116 valence electrons. The zero-order valence-electron chi connectivity index (χ0n) is 13.7. The zero-order chi connectivity index (χ0) is 16.1. The van der Waals surface area contributed by atoms with Crippen LogP contribution < -0.4 is 0 Å². The monoisotopic (exact) mass is 286 g/mol. The molecule has 0 saturated carbocycles. The molecule has 0 fully saturated rings. The molecular weight excluding hydrogens is 260 g/mol. The average molecular weight is 286 g/mol. The number of ether oxygens (including phenoxy) is 3. The van der Waals surface area contributed by atoms with Gasteiger partial charge in [-0.15, -0.1) is 0 Å². The minimum atomic E-state index is -0.993. The molecule has 0 amide bonds. The summed E-state index contributed by atoms with van der Waals surface area (Å²) in [6.45, 7) is 14.2. The first-order valence-corrected chi connectivity index (χ1v) is 6.72. The van der Waals surface area contributed by atoms with Crippen LogP contribution in [0.3, 0.4) is 0 Å². The molecule has 0 saturated heterocycles. The largest absolute Gasteiger partial charge is 0.511 e. The van der Waals surface area contributed by atoms with Gasteiger partial charge in [0.25, 0.3) is 0 Å². The van der Waals surface area contributed by atoms with E-state index in [2.05, 4.69) is 0 Å². The van der Waals surface area contributed by atoms with E-state index in [1.54, 1.807) is 27.7 Å². The Morgan fingerprint density at radius 1 is 0.950 bits per heavy atom. The Hall–Kier alpha value is -1.52. The van der Waals surface area contributed by atoms with E-state index in [-0.39, 0.29) is 5.92 Å². The summed E-state index contributed by atoms with van der Waals surface area (Å²) in [6, 6.07) is 0. The third-order valence-electron chi connectivity index (χ3n) is 2.69. The van der Waals surface area contributed by atoms with E-state index in [0.717, 1.165) is 5.57 Å². The zero-order valence-corrected chi connectivity index (χ0v) is 13.7. The van der Waals surface area contributed by atoms with Gasteiger partial charge in [-0.3, -0.25) is 0 Å². The lowest BCUT2D eigenvalue weighted by Gasteiger charge is -2.21. The van der Waals surface area contributed by atoms with Gasteiger partial charge in [0.05, 0.1) is 0 Å². The molecule has 0 rings (SSSR count). The molecular formula is C15H26O5. The van der Waals surface area contributed by atoms with Gasteiger partial charge >= 0.3 is 12.1 Å². The summed E-state index contributed by atoms with van der Waals surface area (Å²) in [5.41, 5.74) is 0.823. The van der Waals surface area contributed by atoms with Crippen molar-refractivity contribution in [2.45, 2.75) is 67.3 Å². The molecule has 0 bridgehead atoms. The Bertz CT molecular complexity index is 388. The summed E-state index contributed by atoms with van der Waals surface area (Å²) < 4.78 is 14.9. The summed E-state index contributed by atoms with van der Waals surface area (Å²) in [5, 5.41) is 0. The van der Waals surface area contributed by atoms with E-state index < -0.39 is 24.0 Å². The lowest BCUT2D eigenvalue weighted by atomic mass is 10.0. The fraction of sp³-hybridized carbons (Fsp3) is 0.733. The summed E-state index contributed by atoms with van der Waals surface area (Å²) >= 11 is 0. The predicted molar refractivity (Wildman–Crippen MR) is 76.1 cm³/mol. The van der Waals surface area contributed by atoms with Gasteiger partial charge in [0.2, 0.25) is 6.29 Å². The maximum absolute atomic E-state index is 11.9. The SMILES string of the molecule is C/C(C(=O)OC(C)OC(=O)OC(C)(C)C)=C(/C)C(C)C. The van der Waals surface area contributed by atoms with Crippen LogP contribution in [0.15, 0.2) is 11.1 Å².